The third kappa shape index (κ3) is 2.92. The number of nitrogens with zero attached hydrogens (tertiary/aromatic N) is 1. The summed E-state index contributed by atoms with van der Waals surface area (Å²) in [6, 6.07) is 5.34. The van der Waals surface area contributed by atoms with E-state index < -0.39 is 0 Å². The maximum Gasteiger partial charge on any atom is 0.146 e. The highest BCUT2D eigenvalue weighted by Gasteiger charge is 2.42. The molecule has 1 aliphatic carbocycles. The quantitative estimate of drug-likeness (QED) is 0.819. The second-order valence-electron chi connectivity index (χ2n) is 6.40. The van der Waals surface area contributed by atoms with Gasteiger partial charge in [0.1, 0.15) is 5.82 Å². The maximum absolute atomic E-state index is 14.4. The topological polar surface area (TPSA) is 35.5 Å². The van der Waals surface area contributed by atoms with E-state index >= 15 is 0 Å². The highest BCUT2D eigenvalue weighted by molar-refractivity contribution is 5.56. The molecule has 0 amide bonds. The van der Waals surface area contributed by atoms with Gasteiger partial charge in [0.05, 0.1) is 11.8 Å². The molecule has 1 saturated heterocycles. The maximum atomic E-state index is 14.4. The molecule has 1 aliphatic heterocycles. The van der Waals surface area contributed by atoms with E-state index in [1.54, 1.807) is 12.1 Å². The largest absolute Gasteiger partial charge is 0.393 e. The van der Waals surface area contributed by atoms with E-state index in [1.807, 2.05) is 6.07 Å². The second-order valence-corrected chi connectivity index (χ2v) is 6.40. The van der Waals surface area contributed by atoms with Crippen molar-refractivity contribution >= 4 is 5.69 Å². The van der Waals surface area contributed by atoms with Gasteiger partial charge in [-0.15, -0.1) is 0 Å². The summed E-state index contributed by atoms with van der Waals surface area (Å²) in [5.74, 6) is 0.706. The smallest absolute Gasteiger partial charge is 0.146 e. The molecule has 0 aromatic heterocycles. The van der Waals surface area contributed by atoms with Gasteiger partial charge >= 0.3 is 0 Å². The number of fused-ring (bicyclic) bond motifs is 1. The number of aliphatic hydroxyl groups is 1. The molecule has 1 aromatic rings. The molecule has 3 nitrogen and oxygen atoms in total. The van der Waals surface area contributed by atoms with Crippen LogP contribution in [0.2, 0.25) is 0 Å². The van der Waals surface area contributed by atoms with Crippen molar-refractivity contribution in [1.82, 2.24) is 5.32 Å². The van der Waals surface area contributed by atoms with Crippen LogP contribution in [-0.2, 0) is 6.54 Å². The predicted octanol–water partition coefficient (Wildman–Crippen LogP) is 2.53. The van der Waals surface area contributed by atoms with Gasteiger partial charge in [0, 0.05) is 25.6 Å². The van der Waals surface area contributed by atoms with Crippen molar-refractivity contribution in [1.29, 1.82) is 0 Å². The number of rotatable bonds is 5. The van der Waals surface area contributed by atoms with Crippen LogP contribution in [0.15, 0.2) is 18.2 Å². The Bertz CT molecular complexity index is 494. The molecule has 3 rings (SSSR count). The standard InChI is InChI=1S/C17H25FN2O/c1-2-8-19-9-12-4-3-5-15(18)17(12)20-10-13-6-7-16(21)14(13)11-20/h3-5,13-14,16,19,21H,2,6-11H2,1H3. The van der Waals surface area contributed by atoms with E-state index in [-0.39, 0.29) is 11.9 Å². The number of benzene rings is 1. The zero-order valence-corrected chi connectivity index (χ0v) is 12.7. The lowest BCUT2D eigenvalue weighted by Crippen LogP contribution is -2.27. The van der Waals surface area contributed by atoms with Gasteiger partial charge in [-0.2, -0.15) is 0 Å². The van der Waals surface area contributed by atoms with Gasteiger partial charge in [-0.1, -0.05) is 19.1 Å². The molecule has 21 heavy (non-hydrogen) atoms. The molecular formula is C17H25FN2O. The first-order valence-electron chi connectivity index (χ1n) is 8.11. The number of hydrogen-bond acceptors (Lipinski definition) is 3. The molecule has 0 bridgehead atoms. The lowest BCUT2D eigenvalue weighted by molar-refractivity contribution is 0.133. The van der Waals surface area contributed by atoms with E-state index in [0.717, 1.165) is 50.1 Å². The molecule has 0 radical (unpaired) electrons. The van der Waals surface area contributed by atoms with Crippen molar-refractivity contribution < 1.29 is 9.50 Å². The summed E-state index contributed by atoms with van der Waals surface area (Å²) in [6.45, 7) is 5.44. The fraction of sp³-hybridized carbons (Fsp3) is 0.647. The number of nitrogens with one attached hydrogen (secondary N) is 1. The summed E-state index contributed by atoms with van der Waals surface area (Å²) in [4.78, 5) is 2.15. The van der Waals surface area contributed by atoms with Crippen molar-refractivity contribution in [2.75, 3.05) is 24.5 Å². The fourth-order valence-electron chi connectivity index (χ4n) is 3.88. The minimum absolute atomic E-state index is 0.139. The van der Waals surface area contributed by atoms with Gasteiger partial charge in [-0.05, 0) is 43.4 Å². The number of hydrogen-bond donors (Lipinski definition) is 2. The summed E-state index contributed by atoms with van der Waals surface area (Å²) < 4.78 is 14.4. The van der Waals surface area contributed by atoms with Crippen LogP contribution in [0.1, 0.15) is 31.7 Å². The first-order valence-corrected chi connectivity index (χ1v) is 8.11. The van der Waals surface area contributed by atoms with Crippen LogP contribution in [0.5, 0.6) is 0 Å². The number of aliphatic hydroxyl groups excluding tert-OH is 1. The Morgan fingerprint density at radius 3 is 2.95 bits per heavy atom. The second kappa shape index (κ2) is 6.32. The Balaban J connectivity index is 1.78. The highest BCUT2D eigenvalue weighted by atomic mass is 19.1. The normalized spacial score (nSPS) is 28.1. The Morgan fingerprint density at radius 1 is 1.33 bits per heavy atom. The lowest BCUT2D eigenvalue weighted by Gasteiger charge is -2.24. The van der Waals surface area contributed by atoms with Gasteiger partial charge in [0.15, 0.2) is 0 Å². The molecule has 1 heterocycles. The van der Waals surface area contributed by atoms with E-state index in [2.05, 4.69) is 17.1 Å². The van der Waals surface area contributed by atoms with Crippen LogP contribution in [0.25, 0.3) is 0 Å². The summed E-state index contributed by atoms with van der Waals surface area (Å²) >= 11 is 0. The van der Waals surface area contributed by atoms with Gasteiger partial charge in [-0.25, -0.2) is 4.39 Å². The van der Waals surface area contributed by atoms with Gasteiger partial charge in [-0.3, -0.25) is 0 Å². The average molecular weight is 292 g/mol. The monoisotopic (exact) mass is 292 g/mol. The predicted molar refractivity (Wildman–Crippen MR) is 82.8 cm³/mol. The number of halogens is 1. The summed E-state index contributed by atoms with van der Waals surface area (Å²) in [6.07, 6.45) is 2.85. The molecule has 1 saturated carbocycles. The highest BCUT2D eigenvalue weighted by Crippen LogP contribution is 2.41. The minimum atomic E-state index is -0.201. The van der Waals surface area contributed by atoms with Crippen LogP contribution in [-0.4, -0.2) is 30.8 Å². The Labute approximate surface area is 126 Å². The number of para-hydroxylation sites is 1. The SMILES string of the molecule is CCCNCc1cccc(F)c1N1CC2CCC(O)C2C1. The zero-order valence-electron chi connectivity index (χ0n) is 12.7. The third-order valence-electron chi connectivity index (χ3n) is 4.95. The molecular weight excluding hydrogens is 267 g/mol. The van der Waals surface area contributed by atoms with E-state index in [9.17, 15) is 9.50 Å². The van der Waals surface area contributed by atoms with E-state index in [0.29, 0.717) is 18.4 Å². The van der Waals surface area contributed by atoms with Crippen LogP contribution >= 0.6 is 0 Å². The van der Waals surface area contributed by atoms with Crippen LogP contribution < -0.4 is 10.2 Å². The van der Waals surface area contributed by atoms with Gasteiger partial charge in [0.2, 0.25) is 0 Å². The summed E-state index contributed by atoms with van der Waals surface area (Å²) in [5.41, 5.74) is 1.76. The molecule has 2 aliphatic rings. The van der Waals surface area contributed by atoms with Crippen molar-refractivity contribution in [3.8, 4) is 0 Å². The minimum Gasteiger partial charge on any atom is -0.393 e. The van der Waals surface area contributed by atoms with Crippen LogP contribution in [0.3, 0.4) is 0 Å². The zero-order chi connectivity index (χ0) is 14.8. The van der Waals surface area contributed by atoms with Gasteiger partial charge in [0.25, 0.3) is 0 Å². The molecule has 1 aromatic carbocycles. The molecule has 2 fully saturated rings. The Kier molecular flexibility index (Phi) is 4.45. The molecule has 2 N–H and O–H groups in total. The molecule has 4 heteroatoms. The summed E-state index contributed by atoms with van der Waals surface area (Å²) in [7, 11) is 0. The average Bonchev–Trinajstić information content (AvgIpc) is 3.02. The third-order valence-corrected chi connectivity index (χ3v) is 4.95. The molecule has 116 valence electrons. The van der Waals surface area contributed by atoms with E-state index in [1.165, 1.54) is 0 Å². The van der Waals surface area contributed by atoms with E-state index in [4.69, 9.17) is 0 Å². The first kappa shape index (κ1) is 14.8. The molecule has 3 atom stereocenters. The summed E-state index contributed by atoms with van der Waals surface area (Å²) in [5, 5.41) is 13.4. The van der Waals surface area contributed by atoms with Crippen molar-refractivity contribution in [3.63, 3.8) is 0 Å². The molecule has 0 spiro atoms. The first-order chi connectivity index (χ1) is 10.2. The van der Waals surface area contributed by atoms with Crippen LogP contribution in [0.4, 0.5) is 10.1 Å². The fourth-order valence-corrected chi connectivity index (χ4v) is 3.88. The Morgan fingerprint density at radius 2 is 2.19 bits per heavy atom. The van der Waals surface area contributed by atoms with Gasteiger partial charge < -0.3 is 15.3 Å². The lowest BCUT2D eigenvalue weighted by atomic mass is 10.00. The van der Waals surface area contributed by atoms with Crippen molar-refractivity contribution in [3.05, 3.63) is 29.6 Å². The van der Waals surface area contributed by atoms with Crippen LogP contribution in [0, 0.1) is 17.7 Å². The Hall–Kier alpha value is -1.13. The van der Waals surface area contributed by atoms with Crippen molar-refractivity contribution in [2.24, 2.45) is 11.8 Å². The molecule has 3 unspecified atom stereocenters. The van der Waals surface area contributed by atoms with Crippen molar-refractivity contribution in [2.45, 2.75) is 38.8 Å². The number of anilines is 1.